The first-order valence-electron chi connectivity index (χ1n) is 11.0. The molecule has 1 heterocycles. The van der Waals surface area contributed by atoms with Crippen molar-refractivity contribution in [3.63, 3.8) is 0 Å². The van der Waals surface area contributed by atoms with E-state index in [1.165, 1.54) is 20.1 Å². The minimum absolute atomic E-state index is 0.00601. The molecule has 0 bridgehead atoms. The number of aliphatic hydroxyl groups is 1. The van der Waals surface area contributed by atoms with Crippen molar-refractivity contribution in [1.82, 2.24) is 0 Å². The first kappa shape index (κ1) is 21.9. The number of ether oxygens (including phenoxy) is 2. The van der Waals surface area contributed by atoms with E-state index in [1.54, 1.807) is 0 Å². The van der Waals surface area contributed by atoms with Gasteiger partial charge in [-0.05, 0) is 37.5 Å². The summed E-state index contributed by atoms with van der Waals surface area (Å²) in [5.41, 5.74) is -0.564. The van der Waals surface area contributed by atoms with E-state index in [0.717, 1.165) is 6.07 Å². The summed E-state index contributed by atoms with van der Waals surface area (Å²) in [4.78, 5) is 39.4. The minimum Gasteiger partial charge on any atom is -0.508 e. The normalized spacial score (nSPS) is 17.1. The average molecular weight is 490 g/mol. The number of phenolic OH excluding ortho intramolecular Hbond substituents is 4. The number of methoxy groups -OCH3 is 1. The largest absolute Gasteiger partial charge is 0.508 e. The van der Waals surface area contributed by atoms with E-state index in [1.807, 2.05) is 0 Å². The van der Waals surface area contributed by atoms with E-state index in [9.17, 15) is 39.9 Å². The number of phenols is 4. The van der Waals surface area contributed by atoms with Crippen molar-refractivity contribution in [2.24, 2.45) is 0 Å². The zero-order valence-corrected chi connectivity index (χ0v) is 18.9. The molecule has 0 amide bonds. The lowest BCUT2D eigenvalue weighted by Gasteiger charge is -2.30. The van der Waals surface area contributed by atoms with Crippen molar-refractivity contribution in [3.05, 3.63) is 62.2 Å². The maximum Gasteiger partial charge on any atom is 0.345 e. The van der Waals surface area contributed by atoms with E-state index in [4.69, 9.17) is 9.47 Å². The molecular weight excluding hydrogens is 472 g/mol. The summed E-state index contributed by atoms with van der Waals surface area (Å²) in [6, 6.07) is 2.55. The van der Waals surface area contributed by atoms with Crippen molar-refractivity contribution in [2.45, 2.75) is 26.1 Å². The molecule has 2 aliphatic carbocycles. The molecule has 3 aromatic rings. The van der Waals surface area contributed by atoms with Gasteiger partial charge in [0.05, 0.1) is 23.8 Å². The van der Waals surface area contributed by atoms with E-state index in [2.05, 4.69) is 0 Å². The third-order valence-electron chi connectivity index (χ3n) is 7.18. The number of aliphatic hydroxyl groups excluding tert-OH is 1. The molecule has 1 atom stereocenters. The zero-order valence-electron chi connectivity index (χ0n) is 18.9. The predicted octanol–water partition coefficient (Wildman–Crippen LogP) is 2.53. The van der Waals surface area contributed by atoms with Gasteiger partial charge in [0.25, 0.3) is 0 Å². The van der Waals surface area contributed by atoms with Crippen LogP contribution in [-0.2, 0) is 17.6 Å². The number of fused-ring (bicyclic) bond motifs is 6. The standard InChI is InChI=1S/C26H18O10/c1-7-12(27)6-10-15(19(7)28)23(32)18-17(20(10)29)22(31)14-9(24(18)35-2)4-3-8-5-11-16(21(30)13(8)14)26(34)36-25(11)33/h5-6,25,27-28,30-31,33H,3-4H2,1-2H3. The van der Waals surface area contributed by atoms with Gasteiger partial charge in [0.1, 0.15) is 34.3 Å². The zero-order chi connectivity index (χ0) is 25.8. The first-order valence-corrected chi connectivity index (χ1v) is 11.0. The molecule has 182 valence electrons. The minimum atomic E-state index is -1.55. The number of rotatable bonds is 1. The average Bonchev–Trinajstić information content (AvgIpc) is 3.13. The Bertz CT molecular complexity index is 1610. The van der Waals surface area contributed by atoms with Gasteiger partial charge < -0.3 is 35.0 Å². The van der Waals surface area contributed by atoms with Crippen molar-refractivity contribution in [3.8, 4) is 39.9 Å². The van der Waals surface area contributed by atoms with Gasteiger partial charge in [0.15, 0.2) is 5.78 Å². The molecule has 6 rings (SSSR count). The number of hydrogen-bond donors (Lipinski definition) is 5. The van der Waals surface area contributed by atoms with E-state index < -0.39 is 52.4 Å². The Labute approximate surface area is 202 Å². The second kappa shape index (κ2) is 6.98. The van der Waals surface area contributed by atoms with Gasteiger partial charge in [-0.1, -0.05) is 0 Å². The maximum atomic E-state index is 13.6. The third-order valence-corrected chi connectivity index (χ3v) is 7.18. The third kappa shape index (κ3) is 2.46. The second-order valence-corrected chi connectivity index (χ2v) is 8.92. The lowest BCUT2D eigenvalue weighted by molar-refractivity contribution is -0.0548. The SMILES string of the molecule is COc1c2c(c(O)c3c1C(=O)c1c(cc(O)c(C)c1O)C3=O)-c1c(cc3c(c1O)C(=O)OC3O)CC2. The number of carbonyl (C=O) groups excluding carboxylic acids is 3. The van der Waals surface area contributed by atoms with Crippen LogP contribution in [0.4, 0.5) is 0 Å². The molecule has 1 aliphatic heterocycles. The molecule has 0 aromatic heterocycles. The Kier molecular flexibility index (Phi) is 4.25. The first-order chi connectivity index (χ1) is 17.1. The highest BCUT2D eigenvalue weighted by Gasteiger charge is 2.43. The molecular formula is C26H18O10. The Morgan fingerprint density at radius 3 is 2.22 bits per heavy atom. The Morgan fingerprint density at radius 1 is 0.833 bits per heavy atom. The number of esters is 1. The van der Waals surface area contributed by atoms with Gasteiger partial charge in [0, 0.05) is 33.4 Å². The molecule has 10 nitrogen and oxygen atoms in total. The number of benzene rings is 3. The van der Waals surface area contributed by atoms with Crippen LogP contribution in [0.1, 0.15) is 70.7 Å². The Morgan fingerprint density at radius 2 is 1.53 bits per heavy atom. The quantitative estimate of drug-likeness (QED) is 0.250. The molecule has 0 fully saturated rings. The van der Waals surface area contributed by atoms with Crippen LogP contribution < -0.4 is 4.74 Å². The van der Waals surface area contributed by atoms with Crippen LogP contribution in [0, 0.1) is 6.92 Å². The summed E-state index contributed by atoms with van der Waals surface area (Å²) < 4.78 is 10.4. The smallest absolute Gasteiger partial charge is 0.345 e. The van der Waals surface area contributed by atoms with E-state index in [0.29, 0.717) is 11.1 Å². The molecule has 0 saturated carbocycles. The topological polar surface area (TPSA) is 171 Å². The molecule has 3 aliphatic rings. The van der Waals surface area contributed by atoms with Gasteiger partial charge >= 0.3 is 5.97 Å². The molecule has 36 heavy (non-hydrogen) atoms. The number of aryl methyl sites for hydroxylation is 1. The van der Waals surface area contributed by atoms with Crippen LogP contribution in [-0.4, -0.2) is 50.2 Å². The van der Waals surface area contributed by atoms with Gasteiger partial charge in [-0.25, -0.2) is 4.79 Å². The summed E-state index contributed by atoms with van der Waals surface area (Å²) in [7, 11) is 1.29. The van der Waals surface area contributed by atoms with E-state index >= 15 is 0 Å². The highest BCUT2D eigenvalue weighted by molar-refractivity contribution is 6.32. The predicted molar refractivity (Wildman–Crippen MR) is 121 cm³/mol. The molecule has 5 N–H and O–H groups in total. The van der Waals surface area contributed by atoms with Crippen LogP contribution >= 0.6 is 0 Å². The Hall–Kier alpha value is -4.57. The van der Waals surface area contributed by atoms with Crippen LogP contribution in [0.2, 0.25) is 0 Å². The molecule has 10 heteroatoms. The summed E-state index contributed by atoms with van der Waals surface area (Å²) in [5, 5.41) is 53.3. The monoisotopic (exact) mass is 490 g/mol. The fourth-order valence-corrected chi connectivity index (χ4v) is 5.47. The van der Waals surface area contributed by atoms with Crippen molar-refractivity contribution >= 4 is 17.5 Å². The number of hydrogen-bond acceptors (Lipinski definition) is 10. The molecule has 0 saturated heterocycles. The summed E-state index contributed by atoms with van der Waals surface area (Å²) in [6.07, 6.45) is -1.03. The molecule has 0 radical (unpaired) electrons. The van der Waals surface area contributed by atoms with Crippen LogP contribution in [0.3, 0.4) is 0 Å². The van der Waals surface area contributed by atoms with Gasteiger partial charge in [0.2, 0.25) is 12.1 Å². The molecule has 3 aromatic carbocycles. The van der Waals surface area contributed by atoms with E-state index in [-0.39, 0.29) is 63.1 Å². The second-order valence-electron chi connectivity index (χ2n) is 8.92. The maximum absolute atomic E-state index is 13.6. The lowest BCUT2D eigenvalue weighted by atomic mass is 9.75. The lowest BCUT2D eigenvalue weighted by Crippen LogP contribution is -2.24. The number of cyclic esters (lactones) is 1. The molecule has 1 unspecified atom stereocenters. The number of ketones is 2. The van der Waals surface area contributed by atoms with Gasteiger partial charge in [-0.2, -0.15) is 0 Å². The Balaban J connectivity index is 1.71. The number of carbonyl (C=O) groups is 3. The highest BCUT2D eigenvalue weighted by Crippen LogP contribution is 2.55. The van der Waals surface area contributed by atoms with Crippen LogP contribution in [0.15, 0.2) is 12.1 Å². The molecule has 0 spiro atoms. The van der Waals surface area contributed by atoms with Crippen LogP contribution in [0.5, 0.6) is 28.7 Å². The van der Waals surface area contributed by atoms with Gasteiger partial charge in [-0.3, -0.25) is 9.59 Å². The highest BCUT2D eigenvalue weighted by atomic mass is 16.6. The summed E-state index contributed by atoms with van der Waals surface area (Å²) in [6.45, 7) is 1.39. The fourth-order valence-electron chi connectivity index (χ4n) is 5.47. The van der Waals surface area contributed by atoms with Crippen LogP contribution in [0.25, 0.3) is 11.1 Å². The number of aromatic hydroxyl groups is 4. The van der Waals surface area contributed by atoms with Gasteiger partial charge in [-0.15, -0.1) is 0 Å². The van der Waals surface area contributed by atoms with Crippen molar-refractivity contribution in [1.29, 1.82) is 0 Å². The summed E-state index contributed by atoms with van der Waals surface area (Å²) in [5.74, 6) is -4.69. The van der Waals surface area contributed by atoms with Crippen molar-refractivity contribution < 1.29 is 49.4 Å². The summed E-state index contributed by atoms with van der Waals surface area (Å²) >= 11 is 0. The fraction of sp³-hybridized carbons (Fsp3) is 0.192. The van der Waals surface area contributed by atoms with Crippen molar-refractivity contribution in [2.75, 3.05) is 7.11 Å².